The summed E-state index contributed by atoms with van der Waals surface area (Å²) >= 11 is 0. The van der Waals surface area contributed by atoms with Gasteiger partial charge in [0.1, 0.15) is 0 Å². The first-order valence-corrected chi connectivity index (χ1v) is 5.71. The molecular formula is C7H12O5S. The van der Waals surface area contributed by atoms with Crippen LogP contribution in [-0.2, 0) is 19.1 Å². The highest BCUT2D eigenvalue weighted by Gasteiger charge is 2.45. The van der Waals surface area contributed by atoms with Crippen molar-refractivity contribution < 1.29 is 22.5 Å². The van der Waals surface area contributed by atoms with Crippen LogP contribution in [0.4, 0.5) is 0 Å². The molecule has 5 nitrogen and oxygen atoms in total. The molecule has 76 valence electrons. The average Bonchev–Trinajstić information content (AvgIpc) is 2.63. The summed E-state index contributed by atoms with van der Waals surface area (Å²) in [5, 5.41) is 8.51. The van der Waals surface area contributed by atoms with E-state index in [-0.39, 0.29) is 13.0 Å². The van der Waals surface area contributed by atoms with Crippen molar-refractivity contribution in [2.45, 2.75) is 19.3 Å². The van der Waals surface area contributed by atoms with E-state index in [0.717, 1.165) is 19.1 Å². The third-order valence-corrected chi connectivity index (χ3v) is 2.61. The lowest BCUT2D eigenvalue weighted by Gasteiger charge is -2.10. The van der Waals surface area contributed by atoms with Gasteiger partial charge in [0.25, 0.3) is 10.1 Å². The van der Waals surface area contributed by atoms with Gasteiger partial charge in [0, 0.05) is 5.41 Å². The summed E-state index contributed by atoms with van der Waals surface area (Å²) in [7, 11) is -3.45. The maximum Gasteiger partial charge on any atom is 0.303 e. The van der Waals surface area contributed by atoms with Crippen molar-refractivity contribution >= 4 is 16.1 Å². The van der Waals surface area contributed by atoms with Gasteiger partial charge < -0.3 is 5.11 Å². The largest absolute Gasteiger partial charge is 0.481 e. The second-order valence-corrected chi connectivity index (χ2v) is 5.18. The molecule has 0 aliphatic heterocycles. The third kappa shape index (κ3) is 3.73. The van der Waals surface area contributed by atoms with Gasteiger partial charge in [0.05, 0.1) is 19.3 Å². The van der Waals surface area contributed by atoms with Crippen molar-refractivity contribution in [3.8, 4) is 0 Å². The molecule has 1 aliphatic rings. The van der Waals surface area contributed by atoms with Crippen LogP contribution in [0.3, 0.4) is 0 Å². The molecule has 0 atom stereocenters. The first-order chi connectivity index (χ1) is 5.83. The van der Waals surface area contributed by atoms with Gasteiger partial charge in [-0.2, -0.15) is 8.42 Å². The zero-order valence-corrected chi connectivity index (χ0v) is 8.13. The van der Waals surface area contributed by atoms with Crippen LogP contribution in [0.5, 0.6) is 0 Å². The second kappa shape index (κ2) is 3.26. The predicted octanol–water partition coefficient (Wildman–Crippen LogP) is 0.217. The summed E-state index contributed by atoms with van der Waals surface area (Å²) in [5.74, 6) is -0.908. The maximum atomic E-state index is 10.6. The van der Waals surface area contributed by atoms with Gasteiger partial charge in [-0.15, -0.1) is 0 Å². The molecule has 0 unspecified atom stereocenters. The summed E-state index contributed by atoms with van der Waals surface area (Å²) in [6.45, 7) is -0.00185. The van der Waals surface area contributed by atoms with Gasteiger partial charge in [-0.3, -0.25) is 8.98 Å². The Morgan fingerprint density at radius 1 is 1.54 bits per heavy atom. The smallest absolute Gasteiger partial charge is 0.303 e. The molecule has 0 saturated heterocycles. The molecule has 0 heterocycles. The molecule has 13 heavy (non-hydrogen) atoms. The topological polar surface area (TPSA) is 80.7 Å². The highest BCUT2D eigenvalue weighted by atomic mass is 32.2. The van der Waals surface area contributed by atoms with Crippen molar-refractivity contribution in [1.29, 1.82) is 0 Å². The van der Waals surface area contributed by atoms with Crippen LogP contribution in [0.25, 0.3) is 0 Å². The van der Waals surface area contributed by atoms with Gasteiger partial charge >= 0.3 is 5.97 Å². The highest BCUT2D eigenvalue weighted by molar-refractivity contribution is 7.85. The molecule has 0 bridgehead atoms. The summed E-state index contributed by atoms with van der Waals surface area (Å²) in [5.41, 5.74) is -0.422. The normalized spacial score (nSPS) is 19.8. The van der Waals surface area contributed by atoms with Crippen LogP contribution in [0.1, 0.15) is 19.3 Å². The number of hydrogen-bond acceptors (Lipinski definition) is 4. The Kier molecular flexibility index (Phi) is 2.63. The van der Waals surface area contributed by atoms with Gasteiger partial charge in [-0.1, -0.05) is 0 Å². The molecule has 0 aromatic heterocycles. The molecule has 0 radical (unpaired) electrons. The van der Waals surface area contributed by atoms with Crippen molar-refractivity contribution in [2.75, 3.05) is 12.9 Å². The molecule has 1 N–H and O–H groups in total. The predicted molar refractivity (Wildman–Crippen MR) is 44.7 cm³/mol. The molecule has 0 aromatic rings. The Morgan fingerprint density at radius 3 is 2.38 bits per heavy atom. The lowest BCUT2D eigenvalue weighted by molar-refractivity contribution is -0.138. The third-order valence-electron chi connectivity index (χ3n) is 2.06. The molecule has 0 spiro atoms. The highest BCUT2D eigenvalue weighted by Crippen LogP contribution is 2.49. The molecular weight excluding hydrogens is 196 g/mol. The first kappa shape index (κ1) is 10.5. The lowest BCUT2D eigenvalue weighted by atomic mass is 10.1. The molecule has 1 rings (SSSR count). The lowest BCUT2D eigenvalue weighted by Crippen LogP contribution is -2.17. The fourth-order valence-electron chi connectivity index (χ4n) is 1.10. The number of carbonyl (C=O) groups is 1. The molecule has 0 aromatic carbocycles. The van der Waals surface area contributed by atoms with Crippen molar-refractivity contribution in [1.82, 2.24) is 0 Å². The zero-order valence-electron chi connectivity index (χ0n) is 7.32. The van der Waals surface area contributed by atoms with Crippen LogP contribution in [0, 0.1) is 5.41 Å². The molecule has 1 saturated carbocycles. The van der Waals surface area contributed by atoms with Crippen LogP contribution >= 0.6 is 0 Å². The Bertz CT molecular complexity index is 301. The van der Waals surface area contributed by atoms with E-state index in [9.17, 15) is 13.2 Å². The van der Waals surface area contributed by atoms with E-state index in [1.165, 1.54) is 0 Å². The molecule has 6 heteroatoms. The van der Waals surface area contributed by atoms with E-state index in [0.29, 0.717) is 0 Å². The van der Waals surface area contributed by atoms with Crippen LogP contribution in [-0.4, -0.2) is 32.4 Å². The monoisotopic (exact) mass is 208 g/mol. The summed E-state index contributed by atoms with van der Waals surface area (Å²) in [6.07, 6.45) is 2.41. The number of hydrogen-bond donors (Lipinski definition) is 1. The van der Waals surface area contributed by atoms with E-state index in [2.05, 4.69) is 4.18 Å². The Balaban J connectivity index is 2.41. The van der Waals surface area contributed by atoms with E-state index in [1.54, 1.807) is 0 Å². The summed E-state index contributed by atoms with van der Waals surface area (Å²) in [6, 6.07) is 0. The van der Waals surface area contributed by atoms with E-state index < -0.39 is 21.5 Å². The standard InChI is InChI=1S/C7H12O5S/c1-13(10,11)12-5-7(2-3-7)4-6(8)9/h2-5H2,1H3,(H,8,9). The fourth-order valence-corrected chi connectivity index (χ4v) is 1.57. The first-order valence-electron chi connectivity index (χ1n) is 3.89. The quantitative estimate of drug-likeness (QED) is 0.653. The number of aliphatic carboxylic acids is 1. The zero-order chi connectivity index (χ0) is 10.1. The van der Waals surface area contributed by atoms with Crippen LogP contribution < -0.4 is 0 Å². The summed E-state index contributed by atoms with van der Waals surface area (Å²) < 4.78 is 25.8. The van der Waals surface area contributed by atoms with E-state index >= 15 is 0 Å². The van der Waals surface area contributed by atoms with Crippen LogP contribution in [0.15, 0.2) is 0 Å². The number of carboxylic acid groups (broad SMARTS) is 1. The van der Waals surface area contributed by atoms with E-state index in [1.807, 2.05) is 0 Å². The van der Waals surface area contributed by atoms with Gasteiger partial charge in [0.2, 0.25) is 0 Å². The average molecular weight is 208 g/mol. The van der Waals surface area contributed by atoms with Crippen molar-refractivity contribution in [2.24, 2.45) is 5.41 Å². The Hall–Kier alpha value is -0.620. The van der Waals surface area contributed by atoms with Crippen LogP contribution in [0.2, 0.25) is 0 Å². The van der Waals surface area contributed by atoms with Gasteiger partial charge in [0.15, 0.2) is 0 Å². The fraction of sp³-hybridized carbons (Fsp3) is 0.857. The SMILES string of the molecule is CS(=O)(=O)OCC1(CC(=O)O)CC1. The van der Waals surface area contributed by atoms with Gasteiger partial charge in [-0.25, -0.2) is 0 Å². The molecule has 1 aliphatic carbocycles. The number of carboxylic acids is 1. The van der Waals surface area contributed by atoms with Crippen molar-refractivity contribution in [3.63, 3.8) is 0 Å². The molecule has 0 amide bonds. The summed E-state index contributed by atoms with van der Waals surface area (Å²) in [4.78, 5) is 10.4. The number of rotatable bonds is 5. The van der Waals surface area contributed by atoms with Crippen molar-refractivity contribution in [3.05, 3.63) is 0 Å². The van der Waals surface area contributed by atoms with Gasteiger partial charge in [-0.05, 0) is 12.8 Å². The maximum absolute atomic E-state index is 10.6. The Morgan fingerprint density at radius 2 is 2.08 bits per heavy atom. The minimum absolute atomic E-state index is 0.00185. The molecule has 1 fully saturated rings. The minimum Gasteiger partial charge on any atom is -0.481 e. The minimum atomic E-state index is -3.45. The van der Waals surface area contributed by atoms with E-state index in [4.69, 9.17) is 5.11 Å². The second-order valence-electron chi connectivity index (χ2n) is 3.54. The Labute approximate surface area is 76.8 Å².